The van der Waals surface area contributed by atoms with Gasteiger partial charge < -0.3 is 30.2 Å². The number of amides is 1. The van der Waals surface area contributed by atoms with Crippen molar-refractivity contribution in [3.8, 4) is 0 Å². The Kier molecular flexibility index (Phi) is 22.0. The van der Waals surface area contributed by atoms with E-state index in [9.17, 15) is 9.18 Å². The molecule has 0 aliphatic carbocycles. The number of carbonyl (C=O) groups is 1. The Morgan fingerprint density at radius 3 is 2.04 bits per heavy atom. The highest BCUT2D eigenvalue weighted by Gasteiger charge is 2.30. The first kappa shape index (κ1) is 29.4. The second-order valence-electron chi connectivity index (χ2n) is 7.24. The van der Waals surface area contributed by atoms with Crippen LogP contribution in [0.15, 0.2) is 0 Å². The van der Waals surface area contributed by atoms with Crippen molar-refractivity contribution in [3.63, 3.8) is 0 Å². The van der Waals surface area contributed by atoms with Gasteiger partial charge in [0.15, 0.2) is 0 Å². The third-order valence-corrected chi connectivity index (χ3v) is 3.48. The molecule has 0 fully saturated rings. The Labute approximate surface area is 171 Å². The van der Waals surface area contributed by atoms with E-state index < -0.39 is 11.8 Å². The molecular formula is C20H44FN3O4. The van der Waals surface area contributed by atoms with Crippen molar-refractivity contribution < 1.29 is 23.4 Å². The Morgan fingerprint density at radius 2 is 1.50 bits per heavy atom. The Bertz CT molecular complexity index is 335. The van der Waals surface area contributed by atoms with Gasteiger partial charge in [0.2, 0.25) is 6.41 Å². The fourth-order valence-corrected chi connectivity index (χ4v) is 1.89. The second kappa shape index (κ2) is 20.9. The molecule has 7 nitrogen and oxygen atoms in total. The van der Waals surface area contributed by atoms with Gasteiger partial charge in [0.1, 0.15) is 6.17 Å². The molecule has 28 heavy (non-hydrogen) atoms. The van der Waals surface area contributed by atoms with Gasteiger partial charge in [-0.1, -0.05) is 34.1 Å². The molecule has 0 saturated carbocycles. The number of carbonyl (C=O) groups excluding carboxylic acids is 1. The molecule has 8 heteroatoms. The molecule has 0 aromatic carbocycles. The van der Waals surface area contributed by atoms with Crippen LogP contribution in [0.4, 0.5) is 4.39 Å². The van der Waals surface area contributed by atoms with Gasteiger partial charge in [-0.3, -0.25) is 4.79 Å². The third-order valence-electron chi connectivity index (χ3n) is 3.48. The summed E-state index contributed by atoms with van der Waals surface area (Å²) in [6.45, 7) is 16.7. The van der Waals surface area contributed by atoms with Crippen LogP contribution in [0, 0.1) is 0 Å². The van der Waals surface area contributed by atoms with Crippen molar-refractivity contribution in [2.45, 2.75) is 65.8 Å². The van der Waals surface area contributed by atoms with Crippen LogP contribution >= 0.6 is 0 Å². The van der Waals surface area contributed by atoms with Gasteiger partial charge in [0.05, 0.1) is 45.2 Å². The summed E-state index contributed by atoms with van der Waals surface area (Å²) < 4.78 is 30.2. The van der Waals surface area contributed by atoms with Crippen LogP contribution < -0.4 is 16.0 Å². The molecule has 170 valence electrons. The largest absolute Gasteiger partial charge is 0.379 e. The lowest BCUT2D eigenvalue weighted by Gasteiger charge is -2.28. The van der Waals surface area contributed by atoms with Crippen LogP contribution in [0.5, 0.6) is 0 Å². The van der Waals surface area contributed by atoms with Crippen LogP contribution in [0.25, 0.3) is 0 Å². The smallest absolute Gasteiger partial charge is 0.207 e. The molecule has 0 aliphatic heterocycles. The molecule has 3 N–H and O–H groups in total. The molecule has 0 aliphatic rings. The van der Waals surface area contributed by atoms with Gasteiger partial charge in [-0.25, -0.2) is 4.39 Å². The van der Waals surface area contributed by atoms with E-state index in [0.717, 1.165) is 19.6 Å². The van der Waals surface area contributed by atoms with Crippen LogP contribution in [-0.4, -0.2) is 83.4 Å². The molecule has 0 spiro atoms. The number of alkyl halides is 1. The maximum absolute atomic E-state index is 13.8. The second-order valence-corrected chi connectivity index (χ2v) is 7.24. The lowest BCUT2D eigenvalue weighted by Crippen LogP contribution is -2.43. The molecule has 1 unspecified atom stereocenters. The fourth-order valence-electron chi connectivity index (χ4n) is 1.89. The number of rotatable bonds is 18. The maximum atomic E-state index is 13.8. The van der Waals surface area contributed by atoms with Crippen LogP contribution in [-0.2, 0) is 19.0 Å². The van der Waals surface area contributed by atoms with E-state index in [1.165, 1.54) is 6.42 Å². The molecule has 0 aromatic heterocycles. The highest BCUT2D eigenvalue weighted by molar-refractivity contribution is 5.45. The van der Waals surface area contributed by atoms with Crippen molar-refractivity contribution >= 4 is 6.41 Å². The zero-order chi connectivity index (χ0) is 21.7. The Morgan fingerprint density at radius 1 is 0.964 bits per heavy atom. The van der Waals surface area contributed by atoms with Gasteiger partial charge in [0.25, 0.3) is 0 Å². The molecule has 1 amide bonds. The van der Waals surface area contributed by atoms with Crippen molar-refractivity contribution in [2.24, 2.45) is 0 Å². The summed E-state index contributed by atoms with van der Waals surface area (Å²) in [5, 5.41) is 8.82. The summed E-state index contributed by atoms with van der Waals surface area (Å²) in [5.74, 6) is 0. The summed E-state index contributed by atoms with van der Waals surface area (Å²) in [5.41, 5.74) is -0.959. The number of halogens is 1. The van der Waals surface area contributed by atoms with E-state index in [2.05, 4.69) is 43.6 Å². The van der Waals surface area contributed by atoms with E-state index in [-0.39, 0.29) is 6.54 Å². The van der Waals surface area contributed by atoms with E-state index in [0.29, 0.717) is 45.5 Å². The van der Waals surface area contributed by atoms with Gasteiger partial charge in [-0.2, -0.15) is 0 Å². The van der Waals surface area contributed by atoms with Crippen LogP contribution in [0.3, 0.4) is 0 Å². The molecule has 1 atom stereocenters. The predicted octanol–water partition coefficient (Wildman–Crippen LogP) is 1.90. The minimum absolute atomic E-state index is 0.0586. The zero-order valence-electron chi connectivity index (χ0n) is 18.8. The lowest BCUT2D eigenvalue weighted by atomic mass is 10.0. The summed E-state index contributed by atoms with van der Waals surface area (Å²) in [6, 6.07) is 0.484. The molecule has 0 rings (SSSR count). The van der Waals surface area contributed by atoms with Gasteiger partial charge in [-0.05, 0) is 13.8 Å². The molecular weight excluding hydrogens is 365 g/mol. The minimum atomic E-state index is -1.27. The molecule has 0 aromatic rings. The van der Waals surface area contributed by atoms with Crippen LogP contribution in [0.1, 0.15) is 48.0 Å². The monoisotopic (exact) mass is 409 g/mol. The molecule has 0 radical (unpaired) electrons. The minimum Gasteiger partial charge on any atom is -0.379 e. The Balaban J connectivity index is 0. The summed E-state index contributed by atoms with van der Waals surface area (Å²) in [4.78, 5) is 10.2. The van der Waals surface area contributed by atoms with Gasteiger partial charge in [-0.15, -0.1) is 0 Å². The third kappa shape index (κ3) is 21.5. The first-order valence-electron chi connectivity index (χ1n) is 10.4. The maximum Gasteiger partial charge on any atom is 0.207 e. The van der Waals surface area contributed by atoms with E-state index >= 15 is 0 Å². The van der Waals surface area contributed by atoms with E-state index in [1.807, 2.05) is 0 Å². The fraction of sp³-hybridized carbons (Fsp3) is 0.950. The number of hydrogen-bond donors (Lipinski definition) is 3. The highest BCUT2D eigenvalue weighted by Crippen LogP contribution is 2.17. The number of hydrogen-bond acceptors (Lipinski definition) is 6. The molecule has 0 bridgehead atoms. The first-order valence-corrected chi connectivity index (χ1v) is 10.4. The molecule has 0 saturated heterocycles. The average molecular weight is 410 g/mol. The topological polar surface area (TPSA) is 80.8 Å². The number of ether oxygens (including phenoxy) is 3. The van der Waals surface area contributed by atoms with Crippen molar-refractivity contribution in [1.82, 2.24) is 16.0 Å². The highest BCUT2D eigenvalue weighted by atomic mass is 19.1. The van der Waals surface area contributed by atoms with E-state index in [4.69, 9.17) is 14.2 Å². The van der Waals surface area contributed by atoms with Gasteiger partial charge >= 0.3 is 0 Å². The van der Waals surface area contributed by atoms with Crippen molar-refractivity contribution in [1.29, 1.82) is 0 Å². The SMILES string of the molecule is CC(C)NCCOCCNCCOCCOC(C)(C)C(F)CNC=O.CCC. The Hall–Kier alpha value is -0.800. The quantitative estimate of drug-likeness (QED) is 0.237. The predicted molar refractivity (Wildman–Crippen MR) is 113 cm³/mol. The summed E-state index contributed by atoms with van der Waals surface area (Å²) in [7, 11) is 0. The number of nitrogens with one attached hydrogen (secondary N) is 3. The van der Waals surface area contributed by atoms with E-state index in [1.54, 1.807) is 13.8 Å². The average Bonchev–Trinajstić information content (AvgIpc) is 2.63. The zero-order valence-corrected chi connectivity index (χ0v) is 18.8. The van der Waals surface area contributed by atoms with Gasteiger partial charge in [0, 0.05) is 25.7 Å². The standard InChI is InChI=1S/C17H36FN3O4.C3H8/c1-15(2)21-7-10-23-8-5-19-6-9-24-11-12-25-17(3,4)16(18)13-20-14-22;1-3-2/h14-16,19,21H,5-13H2,1-4H3,(H,20,22);3H2,1-2H3. The first-order chi connectivity index (χ1) is 13.3. The normalized spacial score (nSPS) is 12.4. The molecule has 0 heterocycles. The summed E-state index contributed by atoms with van der Waals surface area (Å²) >= 11 is 0. The lowest BCUT2D eigenvalue weighted by molar-refractivity contribution is -0.111. The van der Waals surface area contributed by atoms with Crippen molar-refractivity contribution in [3.05, 3.63) is 0 Å². The van der Waals surface area contributed by atoms with Crippen molar-refractivity contribution in [2.75, 3.05) is 59.2 Å². The summed E-state index contributed by atoms with van der Waals surface area (Å²) in [6.07, 6.45) is 0.460. The van der Waals surface area contributed by atoms with Crippen LogP contribution in [0.2, 0.25) is 0 Å².